The van der Waals surface area contributed by atoms with Crippen LogP contribution in [0.15, 0.2) is 36.4 Å². The maximum Gasteiger partial charge on any atom is 0.248 e. The van der Waals surface area contributed by atoms with Crippen LogP contribution in [0.25, 0.3) is 6.08 Å². The van der Waals surface area contributed by atoms with Gasteiger partial charge in [-0.25, -0.2) is 0 Å². The number of nitrogens with one attached hydrogen (secondary N) is 1. The average molecular weight is 362 g/mol. The molecule has 2 aromatic carbocycles. The molecule has 25 heavy (non-hydrogen) atoms. The zero-order chi connectivity index (χ0) is 18.4. The fourth-order valence-corrected chi connectivity index (χ4v) is 2.59. The predicted octanol–water partition coefficient (Wildman–Crippen LogP) is 4.33. The molecule has 5 nitrogen and oxygen atoms in total. The second kappa shape index (κ2) is 8.44. The van der Waals surface area contributed by atoms with Crippen molar-refractivity contribution < 1.29 is 19.0 Å². The lowest BCUT2D eigenvalue weighted by molar-refractivity contribution is -0.111. The van der Waals surface area contributed by atoms with Crippen LogP contribution >= 0.6 is 11.6 Å². The summed E-state index contributed by atoms with van der Waals surface area (Å²) in [6.07, 6.45) is 3.08. The number of amides is 1. The molecule has 0 saturated carbocycles. The number of rotatable bonds is 6. The van der Waals surface area contributed by atoms with E-state index < -0.39 is 0 Å². The number of aryl methyl sites for hydroxylation is 1. The first-order valence-corrected chi connectivity index (χ1v) is 7.92. The summed E-state index contributed by atoms with van der Waals surface area (Å²) in [6.45, 7) is 1.88. The smallest absolute Gasteiger partial charge is 0.248 e. The second-order valence-corrected chi connectivity index (χ2v) is 5.64. The van der Waals surface area contributed by atoms with Gasteiger partial charge in [-0.2, -0.15) is 0 Å². The maximum absolute atomic E-state index is 12.2. The number of carbonyl (C=O) groups is 1. The number of carbonyl (C=O) groups excluding carboxylic acids is 1. The van der Waals surface area contributed by atoms with Crippen molar-refractivity contribution in [2.75, 3.05) is 26.6 Å². The summed E-state index contributed by atoms with van der Waals surface area (Å²) in [4.78, 5) is 12.2. The Morgan fingerprint density at radius 1 is 1.04 bits per heavy atom. The van der Waals surface area contributed by atoms with E-state index in [1.54, 1.807) is 43.5 Å². The lowest BCUT2D eigenvalue weighted by atomic mass is 10.1. The standard InChI is InChI=1S/C19H20ClNO4/c1-12-11-14(20)7-8-15(12)21-17(22)10-6-13-5-9-16(23-2)19(25-4)18(13)24-3/h5-11H,1-4H3,(H,21,22)/b10-6+. The first-order valence-electron chi connectivity index (χ1n) is 7.54. The molecule has 0 atom stereocenters. The molecule has 1 amide bonds. The molecule has 0 aliphatic heterocycles. The van der Waals surface area contributed by atoms with Gasteiger partial charge in [0.1, 0.15) is 0 Å². The zero-order valence-electron chi connectivity index (χ0n) is 14.6. The Hall–Kier alpha value is -2.66. The fourth-order valence-electron chi connectivity index (χ4n) is 2.36. The van der Waals surface area contributed by atoms with Crippen molar-refractivity contribution >= 4 is 29.3 Å². The average Bonchev–Trinajstić information content (AvgIpc) is 2.61. The number of halogens is 1. The van der Waals surface area contributed by atoms with E-state index in [1.807, 2.05) is 6.92 Å². The predicted molar refractivity (Wildman–Crippen MR) is 100.0 cm³/mol. The zero-order valence-corrected chi connectivity index (χ0v) is 15.3. The summed E-state index contributed by atoms with van der Waals surface area (Å²) < 4.78 is 16.0. The van der Waals surface area contributed by atoms with Crippen LogP contribution in [0.1, 0.15) is 11.1 Å². The Balaban J connectivity index is 2.22. The summed E-state index contributed by atoms with van der Waals surface area (Å²) in [5.41, 5.74) is 2.29. The van der Waals surface area contributed by atoms with E-state index in [9.17, 15) is 4.79 Å². The summed E-state index contributed by atoms with van der Waals surface area (Å²) >= 11 is 5.92. The van der Waals surface area contributed by atoms with Gasteiger partial charge in [0.25, 0.3) is 0 Å². The molecule has 132 valence electrons. The Morgan fingerprint density at radius 3 is 2.36 bits per heavy atom. The van der Waals surface area contributed by atoms with Crippen LogP contribution in [0.3, 0.4) is 0 Å². The molecular formula is C19H20ClNO4. The third kappa shape index (κ3) is 4.45. The topological polar surface area (TPSA) is 56.8 Å². The highest BCUT2D eigenvalue weighted by Gasteiger charge is 2.14. The van der Waals surface area contributed by atoms with Crippen LogP contribution < -0.4 is 19.5 Å². The Bertz CT molecular complexity index is 802. The lowest BCUT2D eigenvalue weighted by Crippen LogP contribution is -2.08. The monoisotopic (exact) mass is 361 g/mol. The first kappa shape index (κ1) is 18.7. The van der Waals surface area contributed by atoms with Crippen molar-refractivity contribution in [3.63, 3.8) is 0 Å². The van der Waals surface area contributed by atoms with Gasteiger partial charge in [-0.3, -0.25) is 4.79 Å². The van der Waals surface area contributed by atoms with Gasteiger partial charge in [-0.1, -0.05) is 11.6 Å². The largest absolute Gasteiger partial charge is 0.493 e. The van der Waals surface area contributed by atoms with Gasteiger partial charge in [0, 0.05) is 22.3 Å². The fraction of sp³-hybridized carbons (Fsp3) is 0.211. The molecule has 2 aromatic rings. The van der Waals surface area contributed by atoms with Crippen LogP contribution in [0.2, 0.25) is 5.02 Å². The van der Waals surface area contributed by atoms with E-state index in [1.165, 1.54) is 20.3 Å². The first-order chi connectivity index (χ1) is 12.0. The van der Waals surface area contributed by atoms with Gasteiger partial charge in [-0.15, -0.1) is 0 Å². The van der Waals surface area contributed by atoms with Crippen molar-refractivity contribution in [1.82, 2.24) is 0 Å². The third-order valence-electron chi connectivity index (χ3n) is 3.60. The number of methoxy groups -OCH3 is 3. The van der Waals surface area contributed by atoms with E-state index in [4.69, 9.17) is 25.8 Å². The van der Waals surface area contributed by atoms with Gasteiger partial charge in [0.2, 0.25) is 11.7 Å². The van der Waals surface area contributed by atoms with Crippen LogP contribution in [0.5, 0.6) is 17.2 Å². The molecule has 0 aliphatic carbocycles. The summed E-state index contributed by atoms with van der Waals surface area (Å²) in [7, 11) is 4.62. The van der Waals surface area contributed by atoms with Crippen molar-refractivity contribution in [2.24, 2.45) is 0 Å². The number of hydrogen-bond donors (Lipinski definition) is 1. The van der Waals surface area contributed by atoms with E-state index in [-0.39, 0.29) is 5.91 Å². The molecular weight excluding hydrogens is 342 g/mol. The molecule has 0 fully saturated rings. The molecule has 1 N–H and O–H groups in total. The van der Waals surface area contributed by atoms with Gasteiger partial charge in [0.05, 0.1) is 21.3 Å². The highest BCUT2D eigenvalue weighted by Crippen LogP contribution is 2.40. The van der Waals surface area contributed by atoms with E-state index in [0.717, 1.165) is 5.56 Å². The van der Waals surface area contributed by atoms with Crippen LogP contribution in [0, 0.1) is 6.92 Å². The third-order valence-corrected chi connectivity index (χ3v) is 3.83. The molecule has 0 saturated heterocycles. The van der Waals surface area contributed by atoms with Gasteiger partial charge in [-0.05, 0) is 48.9 Å². The van der Waals surface area contributed by atoms with E-state index >= 15 is 0 Å². The minimum atomic E-state index is -0.262. The number of anilines is 1. The molecule has 0 unspecified atom stereocenters. The normalized spacial score (nSPS) is 10.6. The summed E-state index contributed by atoms with van der Waals surface area (Å²) in [6, 6.07) is 8.82. The molecule has 0 bridgehead atoms. The summed E-state index contributed by atoms with van der Waals surface area (Å²) in [5.74, 6) is 1.26. The molecule has 0 aromatic heterocycles. The summed E-state index contributed by atoms with van der Waals surface area (Å²) in [5, 5.41) is 3.44. The number of ether oxygens (including phenoxy) is 3. The number of hydrogen-bond acceptors (Lipinski definition) is 4. The molecule has 0 heterocycles. The quantitative estimate of drug-likeness (QED) is 0.778. The molecule has 2 rings (SSSR count). The molecule has 0 aliphatic rings. The Labute approximate surface area is 152 Å². The number of benzene rings is 2. The lowest BCUT2D eigenvalue weighted by Gasteiger charge is -2.14. The van der Waals surface area contributed by atoms with Gasteiger partial charge in [0.15, 0.2) is 11.5 Å². The van der Waals surface area contributed by atoms with Crippen LogP contribution in [-0.4, -0.2) is 27.2 Å². The van der Waals surface area contributed by atoms with Crippen LogP contribution in [0.4, 0.5) is 5.69 Å². The van der Waals surface area contributed by atoms with Crippen molar-refractivity contribution in [2.45, 2.75) is 6.92 Å². The van der Waals surface area contributed by atoms with Crippen LogP contribution in [-0.2, 0) is 4.79 Å². The molecule has 0 radical (unpaired) electrons. The van der Waals surface area contributed by atoms with Crippen molar-refractivity contribution in [3.05, 3.63) is 52.6 Å². The minimum Gasteiger partial charge on any atom is -0.493 e. The second-order valence-electron chi connectivity index (χ2n) is 5.21. The Kier molecular flexibility index (Phi) is 6.31. The van der Waals surface area contributed by atoms with Gasteiger partial charge >= 0.3 is 0 Å². The minimum absolute atomic E-state index is 0.262. The van der Waals surface area contributed by atoms with Crippen molar-refractivity contribution in [1.29, 1.82) is 0 Å². The molecule has 0 spiro atoms. The van der Waals surface area contributed by atoms with Crippen molar-refractivity contribution in [3.8, 4) is 17.2 Å². The van der Waals surface area contributed by atoms with E-state index in [0.29, 0.717) is 33.5 Å². The van der Waals surface area contributed by atoms with E-state index in [2.05, 4.69) is 5.32 Å². The van der Waals surface area contributed by atoms with Gasteiger partial charge < -0.3 is 19.5 Å². The maximum atomic E-state index is 12.2. The molecule has 6 heteroatoms. The highest BCUT2D eigenvalue weighted by atomic mass is 35.5. The SMILES string of the molecule is COc1ccc(/C=C/C(=O)Nc2ccc(Cl)cc2C)c(OC)c1OC. The Morgan fingerprint density at radius 2 is 1.76 bits per heavy atom. The highest BCUT2D eigenvalue weighted by molar-refractivity contribution is 6.30.